The molecule has 0 amide bonds. The fraction of sp³-hybridized carbons (Fsp3) is 0.167. The number of halogens is 1. The molecule has 0 aliphatic carbocycles. The Morgan fingerprint density at radius 2 is 1.82 bits per heavy atom. The van der Waals surface area contributed by atoms with Crippen LogP contribution < -0.4 is 4.74 Å². The number of benzene rings is 2. The van der Waals surface area contributed by atoms with Crippen molar-refractivity contribution < 1.29 is 4.74 Å². The number of hydrogen-bond acceptors (Lipinski definition) is 2. The summed E-state index contributed by atoms with van der Waals surface area (Å²) in [4.78, 5) is 2.75. The molecule has 0 fully saturated rings. The number of hydrogen-bond donors (Lipinski definition) is 0. The molecular weight excluding hydrogens is 314 g/mol. The first-order valence-electron chi connectivity index (χ1n) is 6.99. The molecule has 0 N–H and O–H groups in total. The topological polar surface area (TPSA) is 12.5 Å². The first-order valence-corrected chi connectivity index (χ1v) is 7.78. The summed E-state index contributed by atoms with van der Waals surface area (Å²) in [6.07, 6.45) is 4.17. The van der Waals surface area contributed by atoms with Gasteiger partial charge in [0.25, 0.3) is 0 Å². The van der Waals surface area contributed by atoms with Crippen LogP contribution in [0.1, 0.15) is 5.56 Å². The van der Waals surface area contributed by atoms with Gasteiger partial charge in [0.05, 0.1) is 0 Å². The minimum Gasteiger partial charge on any atom is -0.486 e. The minimum absolute atomic E-state index is 0.382. The zero-order chi connectivity index (χ0) is 15.8. The fourth-order valence-electron chi connectivity index (χ4n) is 1.80. The van der Waals surface area contributed by atoms with Crippen LogP contribution in [0.15, 0.2) is 60.7 Å². The van der Waals surface area contributed by atoms with Crippen molar-refractivity contribution >= 4 is 34.9 Å². The van der Waals surface area contributed by atoms with E-state index in [4.69, 9.17) is 28.6 Å². The molecule has 2 rings (SSSR count). The second-order valence-corrected chi connectivity index (χ2v) is 5.74. The maximum Gasteiger partial charge on any atom is 0.138 e. The Morgan fingerprint density at radius 3 is 2.50 bits per heavy atom. The summed E-state index contributed by atoms with van der Waals surface area (Å²) in [5.74, 6) is 0.764. The summed E-state index contributed by atoms with van der Waals surface area (Å²) in [6, 6.07) is 17.4. The van der Waals surface area contributed by atoms with E-state index in [9.17, 15) is 0 Å². The molecule has 0 bridgehead atoms. The van der Waals surface area contributed by atoms with Gasteiger partial charge in [-0.2, -0.15) is 0 Å². The van der Waals surface area contributed by atoms with Crippen molar-refractivity contribution in [3.8, 4) is 5.75 Å². The molecule has 22 heavy (non-hydrogen) atoms. The van der Waals surface area contributed by atoms with Crippen molar-refractivity contribution in [2.75, 3.05) is 20.2 Å². The molecule has 4 heteroatoms. The van der Waals surface area contributed by atoms with Crippen molar-refractivity contribution in [3.63, 3.8) is 0 Å². The van der Waals surface area contributed by atoms with Gasteiger partial charge in [-0.25, -0.2) is 0 Å². The minimum atomic E-state index is 0.382. The highest BCUT2D eigenvalue weighted by Gasteiger charge is 2.03. The van der Waals surface area contributed by atoms with Gasteiger partial charge in [0, 0.05) is 18.6 Å². The van der Waals surface area contributed by atoms with Crippen LogP contribution in [0.4, 0.5) is 0 Å². The van der Waals surface area contributed by atoms with Crippen molar-refractivity contribution in [1.29, 1.82) is 0 Å². The zero-order valence-corrected chi connectivity index (χ0v) is 14.0. The smallest absolute Gasteiger partial charge is 0.138 e. The van der Waals surface area contributed by atoms with Gasteiger partial charge < -0.3 is 9.64 Å². The molecule has 0 atom stereocenters. The quantitative estimate of drug-likeness (QED) is 0.712. The Kier molecular flexibility index (Phi) is 6.44. The van der Waals surface area contributed by atoms with Crippen molar-refractivity contribution in [2.24, 2.45) is 0 Å². The predicted octanol–water partition coefficient (Wildman–Crippen LogP) is 4.69. The summed E-state index contributed by atoms with van der Waals surface area (Å²) >= 11 is 11.2. The SMILES string of the molecule is CN(C/C=C/c1ccccc1)C(=S)COc1ccc(Cl)cc1. The van der Waals surface area contributed by atoms with E-state index in [0.29, 0.717) is 11.6 Å². The maximum absolute atomic E-state index is 5.84. The Balaban J connectivity index is 1.77. The molecule has 0 heterocycles. The lowest BCUT2D eigenvalue weighted by Gasteiger charge is -2.18. The highest BCUT2D eigenvalue weighted by Crippen LogP contribution is 2.15. The second-order valence-electron chi connectivity index (χ2n) is 4.83. The van der Waals surface area contributed by atoms with E-state index in [1.165, 1.54) is 5.56 Å². The molecule has 0 saturated carbocycles. The largest absolute Gasteiger partial charge is 0.486 e. The van der Waals surface area contributed by atoms with Gasteiger partial charge in [0.15, 0.2) is 0 Å². The van der Waals surface area contributed by atoms with Gasteiger partial charge >= 0.3 is 0 Å². The van der Waals surface area contributed by atoms with Crippen LogP contribution in [0, 0.1) is 0 Å². The lowest BCUT2D eigenvalue weighted by molar-refractivity contribution is 0.360. The van der Waals surface area contributed by atoms with Crippen LogP contribution in [-0.4, -0.2) is 30.1 Å². The van der Waals surface area contributed by atoms with Crippen molar-refractivity contribution in [2.45, 2.75) is 0 Å². The maximum atomic E-state index is 5.84. The van der Waals surface area contributed by atoms with Crippen LogP contribution in [0.3, 0.4) is 0 Å². The number of likely N-dealkylation sites (N-methyl/N-ethyl adjacent to an activating group) is 1. The fourth-order valence-corrected chi connectivity index (χ4v) is 2.06. The third-order valence-corrected chi connectivity index (χ3v) is 3.77. The highest BCUT2D eigenvalue weighted by molar-refractivity contribution is 7.80. The third-order valence-electron chi connectivity index (χ3n) is 3.09. The predicted molar refractivity (Wildman–Crippen MR) is 97.7 cm³/mol. The van der Waals surface area contributed by atoms with Crippen molar-refractivity contribution in [1.82, 2.24) is 4.90 Å². The Morgan fingerprint density at radius 1 is 1.14 bits per heavy atom. The molecule has 0 radical (unpaired) electrons. The van der Waals surface area contributed by atoms with Crippen LogP contribution in [0.2, 0.25) is 5.02 Å². The summed E-state index contributed by atoms with van der Waals surface area (Å²) in [6.45, 7) is 1.13. The Bertz CT molecular complexity index is 625. The van der Waals surface area contributed by atoms with E-state index in [1.54, 1.807) is 12.1 Å². The number of ether oxygens (including phenoxy) is 1. The normalized spacial score (nSPS) is 10.6. The third kappa shape index (κ3) is 5.51. The average Bonchev–Trinajstić information content (AvgIpc) is 2.55. The Labute approximate surface area is 142 Å². The summed E-state index contributed by atoms with van der Waals surface area (Å²) in [7, 11) is 1.96. The van der Waals surface area contributed by atoms with Gasteiger partial charge in [0.1, 0.15) is 17.3 Å². The monoisotopic (exact) mass is 331 g/mol. The Hall–Kier alpha value is -1.84. The number of thiocarbonyl (C=S) groups is 1. The molecule has 2 aromatic rings. The molecule has 0 saturated heterocycles. The van der Waals surface area contributed by atoms with E-state index in [2.05, 4.69) is 24.3 Å². The van der Waals surface area contributed by atoms with Gasteiger partial charge in [-0.05, 0) is 29.8 Å². The van der Waals surface area contributed by atoms with E-state index in [0.717, 1.165) is 17.3 Å². The zero-order valence-electron chi connectivity index (χ0n) is 12.4. The molecule has 0 aliphatic heterocycles. The lowest BCUT2D eigenvalue weighted by Crippen LogP contribution is -2.29. The van der Waals surface area contributed by atoms with Crippen LogP contribution in [0.25, 0.3) is 6.08 Å². The van der Waals surface area contributed by atoms with Gasteiger partial charge in [0.2, 0.25) is 0 Å². The van der Waals surface area contributed by atoms with Gasteiger partial charge in [-0.15, -0.1) is 0 Å². The van der Waals surface area contributed by atoms with Gasteiger partial charge in [-0.1, -0.05) is 66.3 Å². The van der Waals surface area contributed by atoms with Gasteiger partial charge in [-0.3, -0.25) is 0 Å². The van der Waals surface area contributed by atoms with E-state index in [-0.39, 0.29) is 0 Å². The molecule has 0 unspecified atom stereocenters. The van der Waals surface area contributed by atoms with Crippen LogP contribution >= 0.6 is 23.8 Å². The molecule has 2 nitrogen and oxygen atoms in total. The van der Waals surface area contributed by atoms with Crippen LogP contribution in [0.5, 0.6) is 5.75 Å². The first-order chi connectivity index (χ1) is 10.6. The molecule has 2 aromatic carbocycles. The van der Waals surface area contributed by atoms with Crippen LogP contribution in [-0.2, 0) is 0 Å². The molecular formula is C18H18ClNOS. The summed E-state index contributed by atoms with van der Waals surface area (Å²) < 4.78 is 5.64. The summed E-state index contributed by atoms with van der Waals surface area (Å²) in [5, 5.41) is 0.693. The molecule has 0 aromatic heterocycles. The van der Waals surface area contributed by atoms with Crippen molar-refractivity contribution in [3.05, 3.63) is 71.3 Å². The highest BCUT2D eigenvalue weighted by atomic mass is 35.5. The molecule has 0 spiro atoms. The molecule has 114 valence electrons. The number of nitrogens with zero attached hydrogens (tertiary/aromatic N) is 1. The molecule has 0 aliphatic rings. The summed E-state index contributed by atoms with van der Waals surface area (Å²) in [5.41, 5.74) is 1.18. The standard InChI is InChI=1S/C18H18ClNOS/c1-20(13-5-8-15-6-3-2-4-7-15)18(22)14-21-17-11-9-16(19)10-12-17/h2-12H,13-14H2,1H3/b8-5+. The van der Waals surface area contributed by atoms with E-state index in [1.807, 2.05) is 42.3 Å². The second kappa shape index (κ2) is 8.57. The van der Waals surface area contributed by atoms with E-state index >= 15 is 0 Å². The average molecular weight is 332 g/mol. The number of rotatable bonds is 6. The van der Waals surface area contributed by atoms with E-state index < -0.39 is 0 Å². The first kappa shape index (κ1) is 16.5. The lowest BCUT2D eigenvalue weighted by atomic mass is 10.2.